The molecule has 6 nitrogen and oxygen atoms in total. The van der Waals surface area contributed by atoms with Crippen LogP contribution in [-0.2, 0) is 0 Å². The maximum atomic E-state index is 11.2. The number of aromatic nitrogens is 3. The average Bonchev–Trinajstić information content (AvgIpc) is 2.90. The van der Waals surface area contributed by atoms with Gasteiger partial charge >= 0.3 is 5.97 Å². The van der Waals surface area contributed by atoms with Gasteiger partial charge in [-0.2, -0.15) is 5.26 Å². The highest BCUT2D eigenvalue weighted by atomic mass is 16.4. The van der Waals surface area contributed by atoms with Crippen molar-refractivity contribution in [3.8, 4) is 11.8 Å². The molecule has 20 heavy (non-hydrogen) atoms. The Labute approximate surface area is 113 Å². The monoisotopic (exact) mass is 264 g/mol. The first-order valence-corrected chi connectivity index (χ1v) is 5.79. The molecule has 3 rings (SSSR count). The van der Waals surface area contributed by atoms with Crippen molar-refractivity contribution in [1.82, 2.24) is 15.0 Å². The number of aromatic carboxylic acids is 1. The van der Waals surface area contributed by atoms with Crippen LogP contribution in [0.25, 0.3) is 16.7 Å². The van der Waals surface area contributed by atoms with E-state index in [1.54, 1.807) is 36.4 Å². The molecular weight excluding hydrogens is 256 g/mol. The Morgan fingerprint density at radius 1 is 1.20 bits per heavy atom. The molecule has 0 saturated heterocycles. The molecule has 2 aromatic carbocycles. The molecule has 0 unspecified atom stereocenters. The van der Waals surface area contributed by atoms with E-state index in [1.807, 2.05) is 0 Å². The van der Waals surface area contributed by atoms with Gasteiger partial charge in [0.15, 0.2) is 0 Å². The van der Waals surface area contributed by atoms with Crippen LogP contribution in [-0.4, -0.2) is 26.1 Å². The van der Waals surface area contributed by atoms with Crippen LogP contribution in [0.5, 0.6) is 0 Å². The van der Waals surface area contributed by atoms with Crippen molar-refractivity contribution in [3.63, 3.8) is 0 Å². The summed E-state index contributed by atoms with van der Waals surface area (Å²) in [4.78, 5) is 11.2. The number of carboxylic acid groups (broad SMARTS) is 1. The second-order valence-electron chi connectivity index (χ2n) is 4.11. The van der Waals surface area contributed by atoms with Crippen LogP contribution in [0, 0.1) is 11.3 Å². The summed E-state index contributed by atoms with van der Waals surface area (Å²) in [7, 11) is 0. The van der Waals surface area contributed by atoms with Crippen LogP contribution >= 0.6 is 0 Å². The fourth-order valence-electron chi connectivity index (χ4n) is 2.05. The van der Waals surface area contributed by atoms with Gasteiger partial charge in [0.05, 0.1) is 22.3 Å². The zero-order chi connectivity index (χ0) is 14.1. The number of benzene rings is 2. The number of fused-ring (bicyclic) bond motifs is 1. The lowest BCUT2D eigenvalue weighted by atomic mass is 10.1. The highest BCUT2D eigenvalue weighted by Gasteiger charge is 2.15. The first kappa shape index (κ1) is 11.9. The minimum absolute atomic E-state index is 0.0863. The van der Waals surface area contributed by atoms with Gasteiger partial charge in [-0.3, -0.25) is 0 Å². The van der Waals surface area contributed by atoms with Crippen LogP contribution in [0.4, 0.5) is 0 Å². The number of para-hydroxylation sites is 1. The van der Waals surface area contributed by atoms with Crippen LogP contribution in [0.15, 0.2) is 42.5 Å². The fraction of sp³-hybridized carbons (Fsp3) is 0. The molecule has 0 saturated carbocycles. The smallest absolute Gasteiger partial charge is 0.338 e. The van der Waals surface area contributed by atoms with Gasteiger partial charge in [0, 0.05) is 0 Å². The summed E-state index contributed by atoms with van der Waals surface area (Å²) in [6, 6.07) is 13.8. The van der Waals surface area contributed by atoms with Crippen molar-refractivity contribution in [2.45, 2.75) is 0 Å². The molecule has 0 radical (unpaired) electrons. The van der Waals surface area contributed by atoms with E-state index in [0.29, 0.717) is 22.3 Å². The number of rotatable bonds is 2. The molecule has 3 aromatic rings. The SMILES string of the molecule is N#Cc1ccccc1-n1nnc2c(C(=O)O)cccc21. The summed E-state index contributed by atoms with van der Waals surface area (Å²) in [5.74, 6) is -1.06. The normalized spacial score (nSPS) is 10.3. The number of nitriles is 1. The van der Waals surface area contributed by atoms with Crippen LogP contribution in [0.2, 0.25) is 0 Å². The standard InChI is InChI=1S/C14H8N4O2/c15-8-9-4-1-2-6-11(9)18-12-7-3-5-10(14(19)20)13(12)16-17-18/h1-7H,(H,19,20). The Kier molecular flexibility index (Phi) is 2.66. The van der Waals surface area contributed by atoms with E-state index in [4.69, 9.17) is 10.4 Å². The lowest BCUT2D eigenvalue weighted by Crippen LogP contribution is -2.00. The molecule has 0 amide bonds. The third kappa shape index (κ3) is 1.69. The summed E-state index contributed by atoms with van der Waals surface area (Å²) in [5, 5.41) is 26.1. The third-order valence-corrected chi connectivity index (χ3v) is 2.96. The van der Waals surface area contributed by atoms with E-state index in [2.05, 4.69) is 16.4 Å². The maximum absolute atomic E-state index is 11.2. The predicted molar refractivity (Wildman–Crippen MR) is 70.5 cm³/mol. The molecule has 0 aliphatic carbocycles. The number of carbonyl (C=O) groups is 1. The number of hydrogen-bond donors (Lipinski definition) is 1. The second kappa shape index (κ2) is 4.48. The molecule has 96 valence electrons. The van der Waals surface area contributed by atoms with E-state index < -0.39 is 5.97 Å². The Morgan fingerprint density at radius 2 is 2.00 bits per heavy atom. The van der Waals surface area contributed by atoms with Crippen molar-refractivity contribution in [1.29, 1.82) is 5.26 Å². The highest BCUT2D eigenvalue weighted by molar-refractivity contribution is 6.01. The van der Waals surface area contributed by atoms with Gasteiger partial charge in [-0.05, 0) is 24.3 Å². The minimum atomic E-state index is -1.06. The third-order valence-electron chi connectivity index (χ3n) is 2.96. The number of carboxylic acids is 1. The minimum Gasteiger partial charge on any atom is -0.478 e. The largest absolute Gasteiger partial charge is 0.478 e. The molecule has 1 N–H and O–H groups in total. The topological polar surface area (TPSA) is 91.8 Å². The first-order chi connectivity index (χ1) is 9.72. The Bertz CT molecular complexity index is 861. The summed E-state index contributed by atoms with van der Waals surface area (Å²) >= 11 is 0. The highest BCUT2D eigenvalue weighted by Crippen LogP contribution is 2.21. The van der Waals surface area contributed by atoms with Crippen molar-refractivity contribution in [3.05, 3.63) is 53.6 Å². The van der Waals surface area contributed by atoms with Gasteiger partial charge < -0.3 is 5.11 Å². The summed E-state index contributed by atoms with van der Waals surface area (Å²) in [6.45, 7) is 0. The van der Waals surface area contributed by atoms with Crippen LogP contribution in [0.3, 0.4) is 0 Å². The van der Waals surface area contributed by atoms with Gasteiger partial charge in [0.25, 0.3) is 0 Å². The maximum Gasteiger partial charge on any atom is 0.338 e. The lowest BCUT2D eigenvalue weighted by Gasteiger charge is -2.04. The lowest BCUT2D eigenvalue weighted by molar-refractivity contribution is 0.0699. The van der Waals surface area contributed by atoms with Crippen molar-refractivity contribution in [2.24, 2.45) is 0 Å². The summed E-state index contributed by atoms with van der Waals surface area (Å²) in [6.07, 6.45) is 0. The van der Waals surface area contributed by atoms with E-state index in [9.17, 15) is 4.79 Å². The predicted octanol–water partition coefficient (Wildman–Crippen LogP) is 1.99. The zero-order valence-electron chi connectivity index (χ0n) is 10.2. The Balaban J connectivity index is 2.32. The van der Waals surface area contributed by atoms with E-state index in [0.717, 1.165) is 0 Å². The molecule has 1 aromatic heterocycles. The molecule has 0 aliphatic heterocycles. The molecule has 0 bridgehead atoms. The van der Waals surface area contributed by atoms with E-state index in [-0.39, 0.29) is 5.56 Å². The average molecular weight is 264 g/mol. The van der Waals surface area contributed by atoms with Crippen molar-refractivity contribution >= 4 is 17.0 Å². The zero-order valence-corrected chi connectivity index (χ0v) is 10.2. The van der Waals surface area contributed by atoms with Gasteiger partial charge in [0.1, 0.15) is 11.6 Å². The molecule has 6 heteroatoms. The van der Waals surface area contributed by atoms with Crippen LogP contribution < -0.4 is 0 Å². The number of nitrogens with zero attached hydrogens (tertiary/aromatic N) is 4. The Hall–Kier alpha value is -3.20. The molecule has 0 atom stereocenters. The molecule has 1 heterocycles. The van der Waals surface area contributed by atoms with Gasteiger partial charge in [-0.15, -0.1) is 5.10 Å². The van der Waals surface area contributed by atoms with Gasteiger partial charge in [0.2, 0.25) is 0 Å². The quantitative estimate of drug-likeness (QED) is 0.764. The van der Waals surface area contributed by atoms with E-state index >= 15 is 0 Å². The van der Waals surface area contributed by atoms with Crippen molar-refractivity contribution in [2.75, 3.05) is 0 Å². The number of hydrogen-bond acceptors (Lipinski definition) is 4. The van der Waals surface area contributed by atoms with E-state index in [1.165, 1.54) is 10.7 Å². The molecule has 0 spiro atoms. The molecule has 0 aliphatic rings. The van der Waals surface area contributed by atoms with Gasteiger partial charge in [-0.25, -0.2) is 9.48 Å². The first-order valence-electron chi connectivity index (χ1n) is 5.79. The van der Waals surface area contributed by atoms with Crippen LogP contribution in [0.1, 0.15) is 15.9 Å². The summed E-state index contributed by atoms with van der Waals surface area (Å²) < 4.78 is 1.47. The molecular formula is C14H8N4O2. The second-order valence-corrected chi connectivity index (χ2v) is 4.11. The Morgan fingerprint density at radius 3 is 2.75 bits per heavy atom. The summed E-state index contributed by atoms with van der Waals surface area (Å²) in [5.41, 5.74) is 1.95. The fourth-order valence-corrected chi connectivity index (χ4v) is 2.05. The van der Waals surface area contributed by atoms with Gasteiger partial charge in [-0.1, -0.05) is 23.4 Å². The van der Waals surface area contributed by atoms with Crippen molar-refractivity contribution < 1.29 is 9.90 Å². The molecule has 0 fully saturated rings.